The van der Waals surface area contributed by atoms with Crippen LogP contribution in [0.25, 0.3) is 11.0 Å². The Balaban J connectivity index is 2.02. The molecular weight excluding hydrogens is 214 g/mol. The van der Waals surface area contributed by atoms with E-state index < -0.39 is 0 Å². The average Bonchev–Trinajstić information content (AvgIpc) is 2.89. The molecular formula is C12H13N5. The van der Waals surface area contributed by atoms with Gasteiger partial charge in [0.2, 0.25) is 0 Å². The molecule has 5 nitrogen and oxygen atoms in total. The predicted octanol–water partition coefficient (Wildman–Crippen LogP) is 1.82. The van der Waals surface area contributed by atoms with Crippen LogP contribution in [-0.2, 0) is 6.54 Å². The van der Waals surface area contributed by atoms with E-state index in [0.717, 1.165) is 16.9 Å². The molecule has 0 saturated heterocycles. The number of fused-ring (bicyclic) bond motifs is 1. The Labute approximate surface area is 98.5 Å². The SMILES string of the molecule is Cc1cc2nc(Cn3cncn3)[nH]c2cc1C. The minimum Gasteiger partial charge on any atom is -0.340 e. The van der Waals surface area contributed by atoms with Crippen molar-refractivity contribution in [1.82, 2.24) is 24.7 Å². The number of benzene rings is 1. The van der Waals surface area contributed by atoms with Crippen LogP contribution in [0.4, 0.5) is 0 Å². The highest BCUT2D eigenvalue weighted by Gasteiger charge is 2.05. The normalized spacial score (nSPS) is 11.2. The van der Waals surface area contributed by atoms with Crippen molar-refractivity contribution in [2.45, 2.75) is 20.4 Å². The molecule has 2 aromatic heterocycles. The standard InChI is InChI=1S/C12H13N5/c1-8-3-10-11(4-9(8)2)16-12(15-10)5-17-7-13-6-14-17/h3-4,6-7H,5H2,1-2H3,(H,15,16). The first-order valence-electron chi connectivity index (χ1n) is 5.50. The van der Waals surface area contributed by atoms with Crippen LogP contribution in [0.2, 0.25) is 0 Å². The molecule has 0 atom stereocenters. The van der Waals surface area contributed by atoms with Crippen molar-refractivity contribution in [2.24, 2.45) is 0 Å². The summed E-state index contributed by atoms with van der Waals surface area (Å²) >= 11 is 0. The third kappa shape index (κ3) is 1.80. The third-order valence-corrected chi connectivity index (χ3v) is 2.92. The van der Waals surface area contributed by atoms with E-state index >= 15 is 0 Å². The fourth-order valence-corrected chi connectivity index (χ4v) is 1.87. The van der Waals surface area contributed by atoms with Crippen molar-refractivity contribution >= 4 is 11.0 Å². The molecule has 3 rings (SSSR count). The number of aryl methyl sites for hydroxylation is 2. The highest BCUT2D eigenvalue weighted by atomic mass is 15.3. The zero-order valence-corrected chi connectivity index (χ0v) is 9.81. The first-order valence-corrected chi connectivity index (χ1v) is 5.50. The monoisotopic (exact) mass is 227 g/mol. The summed E-state index contributed by atoms with van der Waals surface area (Å²) in [6, 6.07) is 4.23. The molecule has 0 fully saturated rings. The van der Waals surface area contributed by atoms with Crippen molar-refractivity contribution in [3.05, 3.63) is 41.7 Å². The molecule has 0 unspecified atom stereocenters. The van der Waals surface area contributed by atoms with E-state index in [1.807, 2.05) is 0 Å². The van der Waals surface area contributed by atoms with Gasteiger partial charge >= 0.3 is 0 Å². The van der Waals surface area contributed by atoms with E-state index in [4.69, 9.17) is 0 Å². The zero-order valence-electron chi connectivity index (χ0n) is 9.81. The van der Waals surface area contributed by atoms with Crippen molar-refractivity contribution < 1.29 is 0 Å². The summed E-state index contributed by atoms with van der Waals surface area (Å²) in [6.07, 6.45) is 3.21. The molecule has 0 aliphatic rings. The quantitative estimate of drug-likeness (QED) is 0.726. The molecule has 0 radical (unpaired) electrons. The number of aromatic nitrogens is 5. The Bertz CT molecular complexity index is 612. The number of nitrogens with one attached hydrogen (secondary N) is 1. The molecule has 1 aromatic carbocycles. The summed E-state index contributed by atoms with van der Waals surface area (Å²) in [5.74, 6) is 0.899. The Morgan fingerprint density at radius 2 is 2.06 bits per heavy atom. The van der Waals surface area contributed by atoms with Crippen LogP contribution in [0.3, 0.4) is 0 Å². The molecule has 0 aliphatic heterocycles. The molecule has 0 spiro atoms. The second-order valence-corrected chi connectivity index (χ2v) is 4.23. The molecule has 86 valence electrons. The lowest BCUT2D eigenvalue weighted by molar-refractivity contribution is 0.661. The van der Waals surface area contributed by atoms with Crippen LogP contribution in [0.5, 0.6) is 0 Å². The van der Waals surface area contributed by atoms with Crippen molar-refractivity contribution in [1.29, 1.82) is 0 Å². The lowest BCUT2D eigenvalue weighted by atomic mass is 10.1. The first kappa shape index (κ1) is 10.0. The van der Waals surface area contributed by atoms with Gasteiger partial charge in [0.25, 0.3) is 0 Å². The van der Waals surface area contributed by atoms with Crippen molar-refractivity contribution in [3.8, 4) is 0 Å². The highest BCUT2D eigenvalue weighted by molar-refractivity contribution is 5.77. The summed E-state index contributed by atoms with van der Waals surface area (Å²) < 4.78 is 1.75. The minimum atomic E-state index is 0.618. The van der Waals surface area contributed by atoms with Crippen LogP contribution in [-0.4, -0.2) is 24.7 Å². The van der Waals surface area contributed by atoms with E-state index in [1.54, 1.807) is 11.0 Å². The number of hydrogen-bond donors (Lipinski definition) is 1. The van der Waals surface area contributed by atoms with Gasteiger partial charge in [-0.3, -0.25) is 0 Å². The van der Waals surface area contributed by atoms with Crippen LogP contribution < -0.4 is 0 Å². The molecule has 0 bridgehead atoms. The summed E-state index contributed by atoms with van der Waals surface area (Å²) in [4.78, 5) is 11.8. The molecule has 17 heavy (non-hydrogen) atoms. The van der Waals surface area contributed by atoms with Gasteiger partial charge < -0.3 is 4.98 Å². The predicted molar refractivity (Wildman–Crippen MR) is 64.7 cm³/mol. The van der Waals surface area contributed by atoms with Crippen LogP contribution in [0, 0.1) is 13.8 Å². The summed E-state index contributed by atoms with van der Waals surface area (Å²) in [6.45, 7) is 4.82. The number of H-pyrrole nitrogens is 1. The topological polar surface area (TPSA) is 59.4 Å². The second kappa shape index (κ2) is 3.69. The smallest absolute Gasteiger partial charge is 0.137 e. The van der Waals surface area contributed by atoms with E-state index in [-0.39, 0.29) is 0 Å². The molecule has 2 heterocycles. The molecule has 0 saturated carbocycles. The molecule has 5 heteroatoms. The van der Waals surface area contributed by atoms with E-state index in [2.05, 4.69) is 46.0 Å². The molecule has 0 aliphatic carbocycles. The van der Waals surface area contributed by atoms with Gasteiger partial charge in [0.1, 0.15) is 25.0 Å². The Morgan fingerprint density at radius 3 is 2.82 bits per heavy atom. The Kier molecular flexibility index (Phi) is 2.18. The Hall–Kier alpha value is -2.17. The minimum absolute atomic E-state index is 0.618. The van der Waals surface area contributed by atoms with Gasteiger partial charge in [-0.1, -0.05) is 0 Å². The van der Waals surface area contributed by atoms with Gasteiger partial charge in [-0.15, -0.1) is 0 Å². The number of hydrogen-bond acceptors (Lipinski definition) is 3. The van der Waals surface area contributed by atoms with Crippen molar-refractivity contribution in [3.63, 3.8) is 0 Å². The Morgan fingerprint density at radius 1 is 1.24 bits per heavy atom. The zero-order chi connectivity index (χ0) is 11.8. The molecule has 0 amide bonds. The first-order chi connectivity index (χ1) is 8.22. The van der Waals surface area contributed by atoms with Crippen LogP contribution in [0.15, 0.2) is 24.8 Å². The van der Waals surface area contributed by atoms with E-state index in [0.29, 0.717) is 6.54 Å². The van der Waals surface area contributed by atoms with Gasteiger partial charge in [-0.2, -0.15) is 5.10 Å². The number of rotatable bonds is 2. The van der Waals surface area contributed by atoms with Crippen LogP contribution >= 0.6 is 0 Å². The lowest BCUT2D eigenvalue weighted by Gasteiger charge is -1.97. The summed E-state index contributed by atoms with van der Waals surface area (Å²) in [5.41, 5.74) is 4.61. The largest absolute Gasteiger partial charge is 0.340 e. The highest BCUT2D eigenvalue weighted by Crippen LogP contribution is 2.17. The van der Waals surface area contributed by atoms with Gasteiger partial charge in [0.15, 0.2) is 0 Å². The molecule has 1 N–H and O–H groups in total. The number of aromatic amines is 1. The molecule has 3 aromatic rings. The lowest BCUT2D eigenvalue weighted by Crippen LogP contribution is -2.01. The second-order valence-electron chi connectivity index (χ2n) is 4.23. The van der Waals surface area contributed by atoms with Crippen LogP contribution in [0.1, 0.15) is 17.0 Å². The van der Waals surface area contributed by atoms with Gasteiger partial charge in [-0.05, 0) is 37.1 Å². The maximum absolute atomic E-state index is 4.55. The summed E-state index contributed by atoms with van der Waals surface area (Å²) in [5, 5.41) is 4.06. The maximum Gasteiger partial charge on any atom is 0.137 e. The van der Waals surface area contributed by atoms with Gasteiger partial charge in [0, 0.05) is 0 Å². The van der Waals surface area contributed by atoms with Gasteiger partial charge in [-0.25, -0.2) is 14.6 Å². The fourth-order valence-electron chi connectivity index (χ4n) is 1.87. The third-order valence-electron chi connectivity index (χ3n) is 2.92. The van der Waals surface area contributed by atoms with E-state index in [9.17, 15) is 0 Å². The van der Waals surface area contributed by atoms with E-state index in [1.165, 1.54) is 17.5 Å². The van der Waals surface area contributed by atoms with Gasteiger partial charge in [0.05, 0.1) is 11.0 Å². The maximum atomic E-state index is 4.55. The summed E-state index contributed by atoms with van der Waals surface area (Å²) in [7, 11) is 0. The number of imidazole rings is 1. The average molecular weight is 227 g/mol. The number of nitrogens with zero attached hydrogens (tertiary/aromatic N) is 4. The fraction of sp³-hybridized carbons (Fsp3) is 0.250. The van der Waals surface area contributed by atoms with Crippen molar-refractivity contribution in [2.75, 3.05) is 0 Å².